The summed E-state index contributed by atoms with van der Waals surface area (Å²) in [5, 5.41) is 17.4. The van der Waals surface area contributed by atoms with E-state index in [2.05, 4.69) is 20.4 Å². The number of rotatable bonds is 5. The Morgan fingerprint density at radius 1 is 1.36 bits per heavy atom. The molecule has 10 heteroatoms. The van der Waals surface area contributed by atoms with Gasteiger partial charge in [-0.25, -0.2) is 9.67 Å². The van der Waals surface area contributed by atoms with Crippen LogP contribution in [0.2, 0.25) is 0 Å². The monoisotopic (exact) mass is 340 g/mol. The van der Waals surface area contributed by atoms with Crippen molar-refractivity contribution >= 4 is 11.6 Å². The molecule has 25 heavy (non-hydrogen) atoms. The zero-order valence-electron chi connectivity index (χ0n) is 12.7. The van der Waals surface area contributed by atoms with E-state index in [9.17, 15) is 19.7 Å². The van der Waals surface area contributed by atoms with Crippen LogP contribution in [0.4, 0.5) is 5.69 Å². The molecule has 1 amide bonds. The smallest absolute Gasteiger partial charge is 0.286 e. The first-order valence-corrected chi connectivity index (χ1v) is 7.15. The zero-order chi connectivity index (χ0) is 17.8. The van der Waals surface area contributed by atoms with Gasteiger partial charge in [-0.1, -0.05) is 6.07 Å². The molecule has 0 bridgehead atoms. The summed E-state index contributed by atoms with van der Waals surface area (Å²) in [6.45, 7) is 0.0734. The molecule has 0 spiro atoms. The summed E-state index contributed by atoms with van der Waals surface area (Å²) >= 11 is 0. The first-order chi connectivity index (χ1) is 12.1. The van der Waals surface area contributed by atoms with Gasteiger partial charge in [-0.2, -0.15) is 5.10 Å². The van der Waals surface area contributed by atoms with Crippen LogP contribution in [-0.4, -0.2) is 30.6 Å². The largest absolute Gasteiger partial charge is 0.348 e. The van der Waals surface area contributed by atoms with Crippen molar-refractivity contribution in [3.63, 3.8) is 0 Å². The summed E-state index contributed by atoms with van der Waals surface area (Å²) in [6, 6.07) is 6.13. The Bertz CT molecular complexity index is 980. The molecule has 0 aliphatic heterocycles. The average molecular weight is 340 g/mol. The number of hydrogen-bond donors (Lipinski definition) is 2. The number of nitrogens with zero attached hydrogens (tertiary/aromatic N) is 4. The topological polar surface area (TPSA) is 136 Å². The van der Waals surface area contributed by atoms with Crippen molar-refractivity contribution in [2.75, 3.05) is 0 Å². The Kier molecular flexibility index (Phi) is 4.33. The van der Waals surface area contributed by atoms with Crippen LogP contribution >= 0.6 is 0 Å². The van der Waals surface area contributed by atoms with E-state index < -0.39 is 16.4 Å². The lowest BCUT2D eigenvalue weighted by atomic mass is 10.2. The highest BCUT2D eigenvalue weighted by Crippen LogP contribution is 2.11. The molecule has 0 aromatic carbocycles. The predicted octanol–water partition coefficient (Wildman–Crippen LogP) is 0.794. The highest BCUT2D eigenvalue weighted by Gasteiger charge is 2.16. The molecular weight excluding hydrogens is 328 g/mol. The SMILES string of the molecule is O=C(NCc1cccnc1-n1cccn1)c1cc([N+](=O)[O-])c[nH]c1=O. The van der Waals surface area contributed by atoms with E-state index in [4.69, 9.17) is 0 Å². The molecule has 0 radical (unpaired) electrons. The van der Waals surface area contributed by atoms with Crippen LogP contribution in [0, 0.1) is 10.1 Å². The van der Waals surface area contributed by atoms with Gasteiger partial charge >= 0.3 is 0 Å². The van der Waals surface area contributed by atoms with E-state index in [1.54, 1.807) is 41.5 Å². The minimum atomic E-state index is -0.722. The average Bonchev–Trinajstić information content (AvgIpc) is 3.14. The number of nitro groups is 1. The summed E-state index contributed by atoms with van der Waals surface area (Å²) in [4.78, 5) is 40.4. The highest BCUT2D eigenvalue weighted by atomic mass is 16.6. The van der Waals surface area contributed by atoms with E-state index in [0.717, 1.165) is 12.3 Å². The number of aromatic nitrogens is 4. The van der Waals surface area contributed by atoms with E-state index in [1.165, 1.54) is 0 Å². The maximum atomic E-state index is 12.2. The van der Waals surface area contributed by atoms with Gasteiger partial charge in [0.2, 0.25) is 0 Å². The quantitative estimate of drug-likeness (QED) is 0.520. The Balaban J connectivity index is 1.81. The van der Waals surface area contributed by atoms with Gasteiger partial charge in [0.15, 0.2) is 5.82 Å². The van der Waals surface area contributed by atoms with Crippen LogP contribution in [0.15, 0.2) is 53.8 Å². The fraction of sp³-hybridized carbons (Fsp3) is 0.0667. The third kappa shape index (κ3) is 3.42. The second kappa shape index (κ2) is 6.74. The minimum Gasteiger partial charge on any atom is -0.348 e. The van der Waals surface area contributed by atoms with Crippen molar-refractivity contribution < 1.29 is 9.72 Å². The van der Waals surface area contributed by atoms with Gasteiger partial charge in [0.25, 0.3) is 17.2 Å². The maximum absolute atomic E-state index is 12.2. The van der Waals surface area contributed by atoms with E-state index >= 15 is 0 Å². The summed E-state index contributed by atoms with van der Waals surface area (Å²) in [6.07, 6.45) is 5.84. The normalized spacial score (nSPS) is 10.4. The molecule has 0 atom stereocenters. The Labute approximate surface area is 140 Å². The third-order valence-corrected chi connectivity index (χ3v) is 3.37. The number of aromatic amines is 1. The lowest BCUT2D eigenvalue weighted by Crippen LogP contribution is -2.29. The molecular formula is C15H12N6O4. The number of H-pyrrole nitrogens is 1. The molecule has 2 N–H and O–H groups in total. The predicted molar refractivity (Wildman–Crippen MR) is 86.2 cm³/mol. The molecule has 3 aromatic rings. The van der Waals surface area contributed by atoms with Crippen molar-refractivity contribution in [2.24, 2.45) is 0 Å². The van der Waals surface area contributed by atoms with Crippen molar-refractivity contribution in [3.05, 3.63) is 80.6 Å². The summed E-state index contributed by atoms with van der Waals surface area (Å²) in [5.41, 5.74) is -0.745. The second-order valence-electron chi connectivity index (χ2n) is 4.98. The van der Waals surface area contributed by atoms with Crippen LogP contribution in [0.5, 0.6) is 0 Å². The van der Waals surface area contributed by atoms with Crippen LogP contribution < -0.4 is 10.9 Å². The van der Waals surface area contributed by atoms with E-state index in [-0.39, 0.29) is 17.8 Å². The van der Waals surface area contributed by atoms with Gasteiger partial charge in [0, 0.05) is 36.8 Å². The third-order valence-electron chi connectivity index (χ3n) is 3.37. The van der Waals surface area contributed by atoms with Gasteiger partial charge < -0.3 is 10.3 Å². The molecule has 0 aliphatic rings. The lowest BCUT2D eigenvalue weighted by Gasteiger charge is -2.09. The Hall–Kier alpha value is -3.82. The standard InChI is InChI=1S/C15H12N6O4/c22-14(12-7-11(21(24)25)9-18-15(12)23)17-8-10-3-1-4-16-13(10)20-6-2-5-19-20/h1-7,9H,8H2,(H,17,22)(H,18,23). The molecule has 0 saturated carbocycles. The van der Waals surface area contributed by atoms with E-state index in [1.807, 2.05) is 0 Å². The Morgan fingerprint density at radius 3 is 2.92 bits per heavy atom. The number of hydrogen-bond acceptors (Lipinski definition) is 6. The summed E-state index contributed by atoms with van der Waals surface area (Å²) < 4.78 is 1.54. The number of carbonyl (C=O) groups is 1. The van der Waals surface area contributed by atoms with Gasteiger partial charge in [0.1, 0.15) is 5.56 Å². The highest BCUT2D eigenvalue weighted by molar-refractivity contribution is 5.94. The number of pyridine rings is 2. The first kappa shape index (κ1) is 16.1. The molecule has 3 rings (SSSR count). The van der Waals surface area contributed by atoms with Gasteiger partial charge in [-0.05, 0) is 12.1 Å². The first-order valence-electron chi connectivity index (χ1n) is 7.15. The molecule has 0 unspecified atom stereocenters. The van der Waals surface area contributed by atoms with Crippen LogP contribution in [-0.2, 0) is 6.54 Å². The molecule has 0 fully saturated rings. The molecule has 10 nitrogen and oxygen atoms in total. The maximum Gasteiger partial charge on any atom is 0.286 e. The molecule has 0 saturated heterocycles. The van der Waals surface area contributed by atoms with Crippen molar-refractivity contribution in [1.82, 2.24) is 25.1 Å². The number of nitrogens with one attached hydrogen (secondary N) is 2. The van der Waals surface area contributed by atoms with Crippen molar-refractivity contribution in [3.8, 4) is 5.82 Å². The fourth-order valence-electron chi connectivity index (χ4n) is 2.19. The van der Waals surface area contributed by atoms with Gasteiger partial charge in [-0.15, -0.1) is 0 Å². The fourth-order valence-corrected chi connectivity index (χ4v) is 2.19. The van der Waals surface area contributed by atoms with Gasteiger partial charge in [0.05, 0.1) is 11.1 Å². The molecule has 3 aromatic heterocycles. The number of carbonyl (C=O) groups excluding carboxylic acids is 1. The minimum absolute atomic E-state index is 0.0734. The zero-order valence-corrected chi connectivity index (χ0v) is 12.7. The van der Waals surface area contributed by atoms with E-state index in [0.29, 0.717) is 11.4 Å². The van der Waals surface area contributed by atoms with Gasteiger partial charge in [-0.3, -0.25) is 19.7 Å². The second-order valence-corrected chi connectivity index (χ2v) is 4.98. The molecule has 0 aliphatic carbocycles. The van der Waals surface area contributed by atoms with Crippen LogP contribution in [0.25, 0.3) is 5.82 Å². The Morgan fingerprint density at radius 2 is 2.20 bits per heavy atom. The lowest BCUT2D eigenvalue weighted by molar-refractivity contribution is -0.385. The number of amides is 1. The van der Waals surface area contributed by atoms with Crippen molar-refractivity contribution in [1.29, 1.82) is 0 Å². The van der Waals surface area contributed by atoms with Crippen molar-refractivity contribution in [2.45, 2.75) is 6.54 Å². The van der Waals surface area contributed by atoms with Crippen LogP contribution in [0.1, 0.15) is 15.9 Å². The summed E-state index contributed by atoms with van der Waals surface area (Å²) in [7, 11) is 0. The van der Waals surface area contributed by atoms with Crippen LogP contribution in [0.3, 0.4) is 0 Å². The summed E-state index contributed by atoms with van der Waals surface area (Å²) in [5.74, 6) is -0.194. The molecule has 126 valence electrons. The molecule has 3 heterocycles.